The van der Waals surface area contributed by atoms with E-state index in [9.17, 15) is 5.26 Å². The normalized spacial score (nSPS) is 15.6. The van der Waals surface area contributed by atoms with Gasteiger partial charge in [0.2, 0.25) is 5.82 Å². The number of rotatable bonds is 3. The van der Waals surface area contributed by atoms with Gasteiger partial charge in [-0.05, 0) is 30.5 Å². The van der Waals surface area contributed by atoms with Crippen molar-refractivity contribution in [3.8, 4) is 28.2 Å². The van der Waals surface area contributed by atoms with E-state index in [-0.39, 0.29) is 5.41 Å². The number of hydrogen-bond donors (Lipinski definition) is 0. The second kappa shape index (κ2) is 4.50. The van der Waals surface area contributed by atoms with Crippen LogP contribution in [-0.4, -0.2) is 15.1 Å². The molecule has 21 heavy (non-hydrogen) atoms. The molecule has 2 heterocycles. The van der Waals surface area contributed by atoms with Crippen LogP contribution < -0.4 is 0 Å². The molecule has 0 saturated heterocycles. The van der Waals surface area contributed by atoms with Crippen LogP contribution >= 0.6 is 11.3 Å². The maximum atomic E-state index is 9.21. The molecule has 0 unspecified atom stereocenters. The zero-order valence-corrected chi connectivity index (χ0v) is 11.8. The summed E-state index contributed by atoms with van der Waals surface area (Å²) in [6, 6.07) is 10.2. The van der Waals surface area contributed by atoms with Gasteiger partial charge in [0, 0.05) is 11.8 Å². The highest BCUT2D eigenvalue weighted by atomic mass is 32.1. The molecule has 0 bridgehead atoms. The topological polar surface area (TPSA) is 75.6 Å². The standard InChI is InChI=1S/C15H10N4OS/c16-8-15(5-6-15)11-3-1-10(2-4-11)14-18-13(19-20-14)12-7-17-9-21-12/h1-4,7,9H,5-6H2. The van der Waals surface area contributed by atoms with Crippen molar-refractivity contribution in [2.45, 2.75) is 18.3 Å². The minimum Gasteiger partial charge on any atom is -0.334 e. The van der Waals surface area contributed by atoms with Crippen molar-refractivity contribution in [2.24, 2.45) is 0 Å². The number of benzene rings is 1. The summed E-state index contributed by atoms with van der Waals surface area (Å²) < 4.78 is 5.29. The van der Waals surface area contributed by atoms with Gasteiger partial charge < -0.3 is 4.52 Å². The molecule has 5 nitrogen and oxygen atoms in total. The van der Waals surface area contributed by atoms with Crippen LogP contribution in [0.2, 0.25) is 0 Å². The van der Waals surface area contributed by atoms with Gasteiger partial charge in [0.25, 0.3) is 5.89 Å². The molecule has 0 N–H and O–H groups in total. The molecule has 0 atom stereocenters. The van der Waals surface area contributed by atoms with Crippen LogP contribution in [0.5, 0.6) is 0 Å². The van der Waals surface area contributed by atoms with E-state index in [0.717, 1.165) is 28.8 Å². The molecule has 2 aromatic heterocycles. The van der Waals surface area contributed by atoms with Crippen LogP contribution in [0.25, 0.3) is 22.2 Å². The predicted molar refractivity (Wildman–Crippen MR) is 77.4 cm³/mol. The monoisotopic (exact) mass is 294 g/mol. The van der Waals surface area contributed by atoms with Gasteiger partial charge in [0.1, 0.15) is 0 Å². The molecule has 3 aromatic rings. The van der Waals surface area contributed by atoms with Crippen molar-refractivity contribution in [3.63, 3.8) is 0 Å². The van der Waals surface area contributed by atoms with Gasteiger partial charge in [0.15, 0.2) is 0 Å². The lowest BCUT2D eigenvalue weighted by atomic mass is 9.97. The third-order valence-corrected chi connectivity index (χ3v) is 4.50. The van der Waals surface area contributed by atoms with E-state index in [1.165, 1.54) is 11.3 Å². The van der Waals surface area contributed by atoms with Gasteiger partial charge in [0.05, 0.1) is 21.9 Å². The highest BCUT2D eigenvalue weighted by Crippen LogP contribution is 2.47. The Balaban J connectivity index is 1.64. The molecule has 4 rings (SSSR count). The Labute approximate surface area is 124 Å². The average molecular weight is 294 g/mol. The van der Waals surface area contributed by atoms with Crippen LogP contribution in [-0.2, 0) is 5.41 Å². The van der Waals surface area contributed by atoms with Crippen molar-refractivity contribution < 1.29 is 4.52 Å². The summed E-state index contributed by atoms with van der Waals surface area (Å²) >= 11 is 1.47. The summed E-state index contributed by atoms with van der Waals surface area (Å²) in [5, 5.41) is 13.2. The van der Waals surface area contributed by atoms with Crippen LogP contribution in [0, 0.1) is 11.3 Å². The van der Waals surface area contributed by atoms with E-state index in [2.05, 4.69) is 21.2 Å². The molecule has 1 aliphatic carbocycles. The summed E-state index contributed by atoms with van der Waals surface area (Å²) in [5.41, 5.74) is 3.39. The first-order valence-corrected chi connectivity index (χ1v) is 7.43. The molecule has 1 saturated carbocycles. The summed E-state index contributed by atoms with van der Waals surface area (Å²) in [4.78, 5) is 9.26. The molecular weight excluding hydrogens is 284 g/mol. The fraction of sp³-hybridized carbons (Fsp3) is 0.200. The Morgan fingerprint density at radius 3 is 2.67 bits per heavy atom. The molecule has 0 aliphatic heterocycles. The Morgan fingerprint density at radius 1 is 1.24 bits per heavy atom. The lowest BCUT2D eigenvalue weighted by Crippen LogP contribution is -2.01. The van der Waals surface area contributed by atoms with E-state index in [0.29, 0.717) is 11.7 Å². The van der Waals surface area contributed by atoms with Crippen LogP contribution in [0.1, 0.15) is 18.4 Å². The summed E-state index contributed by atoms with van der Waals surface area (Å²) in [5.74, 6) is 1.03. The average Bonchev–Trinajstić information content (AvgIpc) is 2.94. The zero-order chi connectivity index (χ0) is 14.3. The number of nitrogens with zero attached hydrogens (tertiary/aromatic N) is 4. The Morgan fingerprint density at radius 2 is 2.05 bits per heavy atom. The Hall–Kier alpha value is -2.52. The van der Waals surface area contributed by atoms with Gasteiger partial charge in [-0.15, -0.1) is 11.3 Å². The second-order valence-corrected chi connectivity index (χ2v) is 5.95. The molecule has 0 amide bonds. The van der Waals surface area contributed by atoms with E-state index in [1.54, 1.807) is 11.7 Å². The molecule has 1 aliphatic rings. The first kappa shape index (κ1) is 12.2. The quantitative estimate of drug-likeness (QED) is 0.739. The first-order chi connectivity index (χ1) is 10.3. The van der Waals surface area contributed by atoms with Gasteiger partial charge in [-0.3, -0.25) is 4.98 Å². The molecule has 6 heteroatoms. The second-order valence-electron chi connectivity index (χ2n) is 5.06. The van der Waals surface area contributed by atoms with Gasteiger partial charge in [-0.25, -0.2) is 0 Å². The zero-order valence-electron chi connectivity index (χ0n) is 11.0. The third kappa shape index (κ3) is 2.03. The molecule has 0 spiro atoms. The number of hydrogen-bond acceptors (Lipinski definition) is 6. The predicted octanol–water partition coefficient (Wildman–Crippen LogP) is 3.42. The van der Waals surface area contributed by atoms with E-state index >= 15 is 0 Å². The third-order valence-electron chi connectivity index (χ3n) is 3.73. The van der Waals surface area contributed by atoms with Crippen molar-refractivity contribution in [3.05, 3.63) is 41.5 Å². The maximum Gasteiger partial charge on any atom is 0.258 e. The molecule has 1 aromatic carbocycles. The maximum absolute atomic E-state index is 9.21. The fourth-order valence-corrected chi connectivity index (χ4v) is 2.83. The van der Waals surface area contributed by atoms with Crippen molar-refractivity contribution in [1.82, 2.24) is 15.1 Å². The van der Waals surface area contributed by atoms with E-state index in [1.807, 2.05) is 24.3 Å². The lowest BCUT2D eigenvalue weighted by Gasteiger charge is -2.05. The number of aromatic nitrogens is 3. The van der Waals surface area contributed by atoms with Crippen LogP contribution in [0.3, 0.4) is 0 Å². The lowest BCUT2D eigenvalue weighted by molar-refractivity contribution is 0.432. The molecular formula is C15H10N4OS. The summed E-state index contributed by atoms with van der Waals surface area (Å²) in [7, 11) is 0. The van der Waals surface area contributed by atoms with E-state index < -0.39 is 0 Å². The minimum atomic E-state index is -0.263. The highest BCUT2D eigenvalue weighted by Gasteiger charge is 2.44. The van der Waals surface area contributed by atoms with Gasteiger partial charge in [-0.1, -0.05) is 17.3 Å². The number of thiazole rings is 1. The highest BCUT2D eigenvalue weighted by molar-refractivity contribution is 7.13. The van der Waals surface area contributed by atoms with Crippen molar-refractivity contribution >= 4 is 11.3 Å². The van der Waals surface area contributed by atoms with Gasteiger partial charge >= 0.3 is 0 Å². The molecule has 0 radical (unpaired) electrons. The molecule has 102 valence electrons. The van der Waals surface area contributed by atoms with Crippen molar-refractivity contribution in [1.29, 1.82) is 5.26 Å². The SMILES string of the molecule is N#CC1(c2ccc(-c3nc(-c4cncs4)no3)cc2)CC1. The van der Waals surface area contributed by atoms with Gasteiger partial charge in [-0.2, -0.15) is 10.2 Å². The van der Waals surface area contributed by atoms with Crippen molar-refractivity contribution in [2.75, 3.05) is 0 Å². The first-order valence-electron chi connectivity index (χ1n) is 6.55. The van der Waals surface area contributed by atoms with Crippen LogP contribution in [0.4, 0.5) is 0 Å². The Kier molecular flexibility index (Phi) is 2.62. The summed E-state index contributed by atoms with van der Waals surface area (Å²) in [6.07, 6.45) is 3.60. The number of nitriles is 1. The fourth-order valence-electron chi connectivity index (χ4n) is 2.29. The summed E-state index contributed by atoms with van der Waals surface area (Å²) in [6.45, 7) is 0. The molecule has 1 fully saturated rings. The van der Waals surface area contributed by atoms with E-state index in [4.69, 9.17) is 4.52 Å². The minimum absolute atomic E-state index is 0.263. The largest absolute Gasteiger partial charge is 0.334 e. The Bertz CT molecular complexity index is 810. The van der Waals surface area contributed by atoms with Crippen LogP contribution in [0.15, 0.2) is 40.5 Å². The smallest absolute Gasteiger partial charge is 0.258 e.